The summed E-state index contributed by atoms with van der Waals surface area (Å²) < 4.78 is 0. The maximum Gasteiger partial charge on any atom is 0.419 e. The zero-order chi connectivity index (χ0) is 7.40. The van der Waals surface area contributed by atoms with Crippen molar-refractivity contribution in [3.63, 3.8) is 0 Å². The average molecular weight is 145 g/mol. The van der Waals surface area contributed by atoms with Crippen LogP contribution in [0.4, 0.5) is 4.79 Å². The number of amides is 1. The van der Waals surface area contributed by atoms with Gasteiger partial charge in [-0.1, -0.05) is 0 Å². The number of carboxylic acid groups (broad SMARTS) is 1. The summed E-state index contributed by atoms with van der Waals surface area (Å²) in [4.78, 5) is 9.96. The average Bonchev–Trinajstić information content (AvgIpc) is 2.34. The van der Waals surface area contributed by atoms with E-state index in [2.05, 4.69) is 16.2 Å². The molecule has 1 rings (SSSR count). The molecule has 0 aromatic rings. The van der Waals surface area contributed by atoms with Crippen LogP contribution in [0.5, 0.6) is 0 Å². The van der Waals surface area contributed by atoms with E-state index in [1.54, 1.807) is 0 Å². The second-order valence-electron chi connectivity index (χ2n) is 2.26. The normalized spacial score (nSPS) is 24.6. The maximum absolute atomic E-state index is 9.96. The van der Waals surface area contributed by atoms with Crippen molar-refractivity contribution >= 4 is 6.09 Å². The monoisotopic (exact) mass is 145 g/mol. The Bertz CT molecular complexity index is 122. The summed E-state index contributed by atoms with van der Waals surface area (Å²) in [6.45, 7) is 1.79. The van der Waals surface area contributed by atoms with Gasteiger partial charge >= 0.3 is 6.09 Å². The van der Waals surface area contributed by atoms with Gasteiger partial charge in [0.15, 0.2) is 0 Å². The fourth-order valence-corrected chi connectivity index (χ4v) is 0.942. The molecular formula is C5H11N3O2. The minimum absolute atomic E-state index is 0.246. The Kier molecular flexibility index (Phi) is 2.47. The van der Waals surface area contributed by atoms with Gasteiger partial charge in [0.05, 0.1) is 0 Å². The molecule has 58 valence electrons. The SMILES string of the molecule is O=C(O)NN[C@H]1CCNC1. The van der Waals surface area contributed by atoms with Gasteiger partial charge in [-0.2, -0.15) is 0 Å². The van der Waals surface area contributed by atoms with Crippen molar-refractivity contribution in [2.24, 2.45) is 0 Å². The first-order chi connectivity index (χ1) is 4.79. The molecule has 0 aromatic heterocycles. The van der Waals surface area contributed by atoms with Crippen LogP contribution in [-0.4, -0.2) is 30.3 Å². The van der Waals surface area contributed by atoms with Crippen LogP contribution >= 0.6 is 0 Å². The van der Waals surface area contributed by atoms with Gasteiger partial charge in [-0.3, -0.25) is 5.43 Å². The predicted molar refractivity (Wildman–Crippen MR) is 35.6 cm³/mol. The summed E-state index contributed by atoms with van der Waals surface area (Å²) in [5.41, 5.74) is 4.78. The van der Waals surface area contributed by atoms with E-state index in [0.29, 0.717) is 0 Å². The van der Waals surface area contributed by atoms with E-state index in [-0.39, 0.29) is 6.04 Å². The molecule has 0 radical (unpaired) electrons. The molecule has 1 amide bonds. The summed E-state index contributed by atoms with van der Waals surface area (Å²) in [6.07, 6.45) is -0.0628. The summed E-state index contributed by atoms with van der Waals surface area (Å²) in [5, 5.41) is 11.3. The third kappa shape index (κ3) is 2.20. The van der Waals surface area contributed by atoms with Gasteiger partial charge in [0, 0.05) is 12.6 Å². The number of hydrogen-bond donors (Lipinski definition) is 4. The van der Waals surface area contributed by atoms with Crippen molar-refractivity contribution in [1.29, 1.82) is 0 Å². The third-order valence-electron chi connectivity index (χ3n) is 1.44. The summed E-state index contributed by atoms with van der Waals surface area (Å²) in [5.74, 6) is 0. The van der Waals surface area contributed by atoms with Crippen molar-refractivity contribution in [2.75, 3.05) is 13.1 Å². The van der Waals surface area contributed by atoms with Crippen LogP contribution in [-0.2, 0) is 0 Å². The lowest BCUT2D eigenvalue weighted by Crippen LogP contribution is -2.44. The highest BCUT2D eigenvalue weighted by Gasteiger charge is 2.13. The topological polar surface area (TPSA) is 73.4 Å². The molecular weight excluding hydrogens is 134 g/mol. The second kappa shape index (κ2) is 3.38. The summed E-state index contributed by atoms with van der Waals surface area (Å²) >= 11 is 0. The highest BCUT2D eigenvalue weighted by atomic mass is 16.4. The number of hydrogen-bond acceptors (Lipinski definition) is 3. The Morgan fingerprint density at radius 3 is 3.00 bits per heavy atom. The zero-order valence-corrected chi connectivity index (χ0v) is 5.55. The standard InChI is InChI=1S/C5H11N3O2/c9-5(10)8-7-4-1-2-6-3-4/h4,6-8H,1-3H2,(H,9,10)/t4-/m0/s1. The Morgan fingerprint density at radius 2 is 2.50 bits per heavy atom. The largest absolute Gasteiger partial charge is 0.464 e. The van der Waals surface area contributed by atoms with Gasteiger partial charge in [0.25, 0.3) is 0 Å². The number of rotatable bonds is 2. The molecule has 10 heavy (non-hydrogen) atoms. The molecule has 0 bridgehead atoms. The Morgan fingerprint density at radius 1 is 1.70 bits per heavy atom. The molecule has 1 heterocycles. The molecule has 0 saturated carbocycles. The quantitative estimate of drug-likeness (QED) is 0.381. The van der Waals surface area contributed by atoms with Crippen LogP contribution in [0.1, 0.15) is 6.42 Å². The van der Waals surface area contributed by atoms with E-state index < -0.39 is 6.09 Å². The molecule has 5 heteroatoms. The second-order valence-corrected chi connectivity index (χ2v) is 2.26. The lowest BCUT2D eigenvalue weighted by Gasteiger charge is -2.08. The molecule has 1 fully saturated rings. The van der Waals surface area contributed by atoms with Crippen molar-refractivity contribution in [3.05, 3.63) is 0 Å². The van der Waals surface area contributed by atoms with Gasteiger partial charge in [-0.25, -0.2) is 10.2 Å². The third-order valence-corrected chi connectivity index (χ3v) is 1.44. The van der Waals surface area contributed by atoms with E-state index in [0.717, 1.165) is 19.5 Å². The lowest BCUT2D eigenvalue weighted by atomic mass is 10.3. The highest BCUT2D eigenvalue weighted by Crippen LogP contribution is 1.94. The smallest absolute Gasteiger partial charge is 0.419 e. The molecule has 5 nitrogen and oxygen atoms in total. The van der Waals surface area contributed by atoms with Crippen molar-refractivity contribution in [2.45, 2.75) is 12.5 Å². The Hall–Kier alpha value is -0.810. The first kappa shape index (κ1) is 7.30. The van der Waals surface area contributed by atoms with E-state index in [4.69, 9.17) is 5.11 Å². The van der Waals surface area contributed by atoms with E-state index in [9.17, 15) is 4.79 Å². The maximum atomic E-state index is 9.96. The minimum Gasteiger partial charge on any atom is -0.464 e. The molecule has 0 unspecified atom stereocenters. The molecule has 1 aliphatic rings. The molecule has 1 saturated heterocycles. The van der Waals surface area contributed by atoms with E-state index in [1.807, 2.05) is 0 Å². The predicted octanol–water partition coefficient (Wildman–Crippen LogP) is -0.880. The fourth-order valence-electron chi connectivity index (χ4n) is 0.942. The summed E-state index contributed by atoms with van der Waals surface area (Å²) in [7, 11) is 0. The Balaban J connectivity index is 2.07. The lowest BCUT2D eigenvalue weighted by molar-refractivity contribution is 0.186. The van der Waals surface area contributed by atoms with Crippen molar-refractivity contribution < 1.29 is 9.90 Å². The van der Waals surface area contributed by atoms with Crippen LogP contribution in [0.3, 0.4) is 0 Å². The van der Waals surface area contributed by atoms with Crippen LogP contribution in [0, 0.1) is 0 Å². The highest BCUT2D eigenvalue weighted by molar-refractivity contribution is 5.63. The van der Waals surface area contributed by atoms with E-state index in [1.165, 1.54) is 0 Å². The van der Waals surface area contributed by atoms with Gasteiger partial charge in [-0.15, -0.1) is 0 Å². The van der Waals surface area contributed by atoms with Crippen LogP contribution in [0.25, 0.3) is 0 Å². The van der Waals surface area contributed by atoms with Gasteiger partial charge in [-0.05, 0) is 13.0 Å². The molecule has 1 atom stereocenters. The van der Waals surface area contributed by atoms with Crippen molar-refractivity contribution in [1.82, 2.24) is 16.2 Å². The van der Waals surface area contributed by atoms with Crippen LogP contribution in [0.2, 0.25) is 0 Å². The molecule has 0 spiro atoms. The molecule has 0 aliphatic carbocycles. The van der Waals surface area contributed by atoms with Crippen LogP contribution in [0.15, 0.2) is 0 Å². The van der Waals surface area contributed by atoms with Gasteiger partial charge < -0.3 is 10.4 Å². The Labute approximate surface area is 58.8 Å². The number of hydrazine groups is 1. The number of carbonyl (C=O) groups is 1. The first-order valence-electron chi connectivity index (χ1n) is 3.24. The zero-order valence-electron chi connectivity index (χ0n) is 5.55. The fraction of sp³-hybridized carbons (Fsp3) is 0.800. The number of nitrogens with one attached hydrogen (secondary N) is 3. The van der Waals surface area contributed by atoms with Crippen LogP contribution < -0.4 is 16.2 Å². The first-order valence-corrected chi connectivity index (χ1v) is 3.24. The van der Waals surface area contributed by atoms with Gasteiger partial charge in [0.1, 0.15) is 0 Å². The molecule has 4 N–H and O–H groups in total. The molecule has 1 aliphatic heterocycles. The molecule has 0 aromatic carbocycles. The van der Waals surface area contributed by atoms with Crippen molar-refractivity contribution in [3.8, 4) is 0 Å². The summed E-state index contributed by atoms with van der Waals surface area (Å²) in [6, 6.07) is 0.246. The minimum atomic E-state index is -1.04. The van der Waals surface area contributed by atoms with E-state index >= 15 is 0 Å². The van der Waals surface area contributed by atoms with Gasteiger partial charge in [0.2, 0.25) is 0 Å².